The van der Waals surface area contributed by atoms with Crippen LogP contribution in [0.2, 0.25) is 5.02 Å². The molecule has 2 aliphatic rings. The van der Waals surface area contributed by atoms with E-state index in [-0.39, 0.29) is 22.1 Å². The minimum absolute atomic E-state index is 0.0545. The van der Waals surface area contributed by atoms with E-state index in [9.17, 15) is 14.0 Å². The number of hydrogen-bond donors (Lipinski definition) is 1. The summed E-state index contributed by atoms with van der Waals surface area (Å²) in [6.07, 6.45) is 4.21. The molecular weight excluding hydrogens is 393 g/mol. The number of Topliss-reactive ketones (excluding diaryl/α,β-unsaturated/α-hetero) is 1. The summed E-state index contributed by atoms with van der Waals surface area (Å²) in [4.78, 5) is 31.8. The lowest BCUT2D eigenvalue weighted by molar-refractivity contribution is -0.118. The molecule has 1 aliphatic heterocycles. The molecule has 29 heavy (non-hydrogen) atoms. The van der Waals surface area contributed by atoms with Crippen LogP contribution in [0.3, 0.4) is 0 Å². The number of halogens is 2. The van der Waals surface area contributed by atoms with Gasteiger partial charge in [-0.25, -0.2) is 4.39 Å². The molecule has 1 aromatic heterocycles. The molecule has 1 aromatic carbocycles. The van der Waals surface area contributed by atoms with E-state index in [1.165, 1.54) is 19.1 Å². The first-order chi connectivity index (χ1) is 13.7. The van der Waals surface area contributed by atoms with Crippen molar-refractivity contribution in [2.75, 3.05) is 10.2 Å². The van der Waals surface area contributed by atoms with E-state index in [0.29, 0.717) is 35.4 Å². The summed E-state index contributed by atoms with van der Waals surface area (Å²) in [7, 11) is 0. The van der Waals surface area contributed by atoms with Crippen LogP contribution in [0.15, 0.2) is 47.9 Å². The lowest BCUT2D eigenvalue weighted by atomic mass is 9.73. The van der Waals surface area contributed by atoms with Gasteiger partial charge in [0.05, 0.1) is 23.6 Å². The summed E-state index contributed by atoms with van der Waals surface area (Å²) in [5.41, 5.74) is 2.75. The fraction of sp³-hybridized carbons (Fsp3) is 0.318. The maximum atomic E-state index is 13.7. The normalized spacial score (nSPS) is 20.5. The number of anilines is 2. The molecule has 0 saturated heterocycles. The van der Waals surface area contributed by atoms with Crippen molar-refractivity contribution in [3.8, 4) is 0 Å². The van der Waals surface area contributed by atoms with Crippen molar-refractivity contribution in [1.29, 1.82) is 0 Å². The average Bonchev–Trinajstić information content (AvgIpc) is 2.74. The van der Waals surface area contributed by atoms with Crippen LogP contribution in [0.25, 0.3) is 0 Å². The predicted octanol–water partition coefficient (Wildman–Crippen LogP) is 5.04. The van der Waals surface area contributed by atoms with Gasteiger partial charge in [-0.15, -0.1) is 0 Å². The molecule has 1 amide bonds. The van der Waals surface area contributed by atoms with Crippen LogP contribution >= 0.6 is 11.6 Å². The van der Waals surface area contributed by atoms with Gasteiger partial charge >= 0.3 is 0 Å². The number of hydrogen-bond acceptors (Lipinski definition) is 4. The summed E-state index contributed by atoms with van der Waals surface area (Å²) in [5.74, 6) is -0.785. The summed E-state index contributed by atoms with van der Waals surface area (Å²) in [6.45, 7) is 5.51. The van der Waals surface area contributed by atoms with Gasteiger partial charge in [-0.1, -0.05) is 31.5 Å². The number of nitrogens with one attached hydrogen (secondary N) is 1. The maximum absolute atomic E-state index is 13.7. The molecule has 5 nitrogen and oxygen atoms in total. The number of amides is 1. The van der Waals surface area contributed by atoms with E-state index in [4.69, 9.17) is 11.6 Å². The van der Waals surface area contributed by atoms with Crippen LogP contribution in [-0.4, -0.2) is 16.7 Å². The summed E-state index contributed by atoms with van der Waals surface area (Å²) in [6, 6.07) is 5.02. The smallest absolute Gasteiger partial charge is 0.224 e. The third kappa shape index (κ3) is 3.42. The first-order valence-electron chi connectivity index (χ1n) is 9.40. The van der Waals surface area contributed by atoms with Gasteiger partial charge in [0.1, 0.15) is 5.82 Å². The van der Waals surface area contributed by atoms with Gasteiger partial charge in [-0.05, 0) is 35.6 Å². The van der Waals surface area contributed by atoms with Crippen LogP contribution in [0.4, 0.5) is 15.8 Å². The molecule has 7 heteroatoms. The molecule has 0 fully saturated rings. The standard InChI is InChI=1S/C22H21ClFN3O2/c1-12(28)27-18-6-7-25-11-17(18)26-16-9-22(2,3)10-19(29)20(16)21(27)14-5-4-13(24)8-15(14)23/h4-8,11,21,26H,9-10H2,1-3H3. The molecular formula is C22H21ClFN3O2. The maximum Gasteiger partial charge on any atom is 0.224 e. The largest absolute Gasteiger partial charge is 0.356 e. The lowest BCUT2D eigenvalue weighted by Crippen LogP contribution is -2.38. The highest BCUT2D eigenvalue weighted by molar-refractivity contribution is 6.31. The van der Waals surface area contributed by atoms with E-state index in [2.05, 4.69) is 10.3 Å². The Kier molecular flexibility index (Phi) is 4.69. The summed E-state index contributed by atoms with van der Waals surface area (Å²) in [5, 5.41) is 3.52. The molecule has 1 N–H and O–H groups in total. The minimum atomic E-state index is -0.754. The second-order valence-electron chi connectivity index (χ2n) is 8.31. The third-order valence-electron chi connectivity index (χ3n) is 5.39. The SMILES string of the molecule is CC(=O)N1c2ccncc2NC2=C(C(=O)CC(C)(C)C2)C1c1ccc(F)cc1Cl. The second kappa shape index (κ2) is 6.95. The fourth-order valence-corrected chi connectivity index (χ4v) is 4.53. The van der Waals surface area contributed by atoms with Crippen molar-refractivity contribution in [3.63, 3.8) is 0 Å². The van der Waals surface area contributed by atoms with Crippen LogP contribution in [0.1, 0.15) is 45.2 Å². The zero-order valence-electron chi connectivity index (χ0n) is 16.4. The molecule has 0 spiro atoms. The topological polar surface area (TPSA) is 62.3 Å². The number of benzene rings is 1. The quantitative estimate of drug-likeness (QED) is 0.711. The van der Waals surface area contributed by atoms with Gasteiger partial charge < -0.3 is 5.32 Å². The predicted molar refractivity (Wildman–Crippen MR) is 110 cm³/mol. The molecule has 0 bridgehead atoms. The number of carbonyl (C=O) groups is 2. The Labute approximate surface area is 173 Å². The van der Waals surface area contributed by atoms with E-state index in [0.717, 1.165) is 5.70 Å². The minimum Gasteiger partial charge on any atom is -0.356 e. The molecule has 1 unspecified atom stereocenters. The van der Waals surface area contributed by atoms with Gasteiger partial charge in [0.25, 0.3) is 0 Å². The number of carbonyl (C=O) groups excluding carboxylic acids is 2. The highest BCUT2D eigenvalue weighted by Gasteiger charge is 2.43. The molecule has 4 rings (SSSR count). The lowest BCUT2D eigenvalue weighted by Gasteiger charge is -2.37. The Hall–Kier alpha value is -2.73. The van der Waals surface area contributed by atoms with Gasteiger partial charge in [0, 0.05) is 35.8 Å². The van der Waals surface area contributed by atoms with E-state index < -0.39 is 11.9 Å². The van der Waals surface area contributed by atoms with Crippen molar-refractivity contribution in [3.05, 3.63) is 64.3 Å². The number of rotatable bonds is 1. The van der Waals surface area contributed by atoms with Crippen LogP contribution < -0.4 is 10.2 Å². The Morgan fingerprint density at radius 3 is 2.76 bits per heavy atom. The molecule has 2 heterocycles. The van der Waals surface area contributed by atoms with Gasteiger partial charge in [0.2, 0.25) is 5.91 Å². The Bertz CT molecular complexity index is 1060. The molecule has 0 radical (unpaired) electrons. The van der Waals surface area contributed by atoms with E-state index >= 15 is 0 Å². The zero-order valence-corrected chi connectivity index (χ0v) is 17.2. The number of pyridine rings is 1. The monoisotopic (exact) mass is 413 g/mol. The zero-order chi connectivity index (χ0) is 20.9. The third-order valence-corrected chi connectivity index (χ3v) is 5.72. The number of nitrogens with zero attached hydrogens (tertiary/aromatic N) is 2. The number of aromatic nitrogens is 1. The van der Waals surface area contributed by atoms with Gasteiger partial charge in [-0.3, -0.25) is 19.5 Å². The van der Waals surface area contributed by atoms with Crippen molar-refractivity contribution in [1.82, 2.24) is 4.98 Å². The Morgan fingerprint density at radius 1 is 1.31 bits per heavy atom. The van der Waals surface area contributed by atoms with E-state index in [1.807, 2.05) is 13.8 Å². The van der Waals surface area contributed by atoms with Crippen molar-refractivity contribution in [2.45, 2.75) is 39.7 Å². The van der Waals surface area contributed by atoms with Crippen LogP contribution in [0, 0.1) is 11.2 Å². The highest BCUT2D eigenvalue weighted by Crippen LogP contribution is 2.49. The van der Waals surface area contributed by atoms with E-state index in [1.54, 1.807) is 29.4 Å². The van der Waals surface area contributed by atoms with Gasteiger partial charge in [0.15, 0.2) is 5.78 Å². The fourth-order valence-electron chi connectivity index (χ4n) is 4.26. The number of allylic oxidation sites excluding steroid dienone is 1. The van der Waals surface area contributed by atoms with Gasteiger partial charge in [-0.2, -0.15) is 0 Å². The summed E-state index contributed by atoms with van der Waals surface area (Å²) < 4.78 is 13.7. The van der Waals surface area contributed by atoms with Crippen molar-refractivity contribution >= 4 is 34.7 Å². The Balaban J connectivity index is 2.04. The molecule has 2 aromatic rings. The van der Waals surface area contributed by atoms with Crippen LogP contribution in [-0.2, 0) is 9.59 Å². The first-order valence-corrected chi connectivity index (χ1v) is 9.78. The van der Waals surface area contributed by atoms with Crippen molar-refractivity contribution in [2.24, 2.45) is 5.41 Å². The Morgan fingerprint density at radius 2 is 2.07 bits per heavy atom. The highest BCUT2D eigenvalue weighted by atomic mass is 35.5. The molecule has 0 saturated carbocycles. The molecule has 150 valence electrons. The molecule has 1 aliphatic carbocycles. The van der Waals surface area contributed by atoms with Crippen molar-refractivity contribution < 1.29 is 14.0 Å². The number of fused-ring (bicyclic) bond motifs is 1. The second-order valence-corrected chi connectivity index (χ2v) is 8.72. The first kappa shape index (κ1) is 19.6. The average molecular weight is 414 g/mol. The number of ketones is 1. The van der Waals surface area contributed by atoms with Crippen LogP contribution in [0.5, 0.6) is 0 Å². The molecule has 1 atom stereocenters. The summed E-state index contributed by atoms with van der Waals surface area (Å²) >= 11 is 6.40.